The van der Waals surface area contributed by atoms with Crippen LogP contribution in [0.4, 0.5) is 36.6 Å². The third-order valence-corrected chi connectivity index (χ3v) is 0. The minimum Gasteiger partial charge on any atom is 0 e. The highest BCUT2D eigenvalue weighted by molar-refractivity contribution is 2.11. The second-order valence-electron chi connectivity index (χ2n) is 0. The fourth-order valence-electron chi connectivity index (χ4n) is 0. The van der Waals surface area contributed by atoms with Crippen molar-refractivity contribution in [2.24, 2.45) is 0 Å². The van der Waals surface area contributed by atoms with Crippen LogP contribution in [0.15, 0.2) is 0 Å². The summed E-state index contributed by atoms with van der Waals surface area (Å²) < 4.78 is 64.0. The minimum atomic E-state index is 8.00. The summed E-state index contributed by atoms with van der Waals surface area (Å²) in [6.07, 6.45) is 0. The van der Waals surface area contributed by atoms with Crippen molar-refractivity contribution in [2.45, 2.75) is 0 Å². The van der Waals surface area contributed by atoms with Gasteiger partial charge in [-0.25, -0.2) is 0 Å². The van der Waals surface area contributed by atoms with Crippen molar-refractivity contribution in [3.8, 4) is 0 Å². The van der Waals surface area contributed by atoms with Gasteiger partial charge in [0.2, 0.25) is 0 Å². The van der Waals surface area contributed by atoms with Crippen molar-refractivity contribution in [2.75, 3.05) is 0 Å². The Morgan fingerprint density at radius 1 is 0.250 bits per heavy atom. The molecular formula is F8. The summed E-state index contributed by atoms with van der Waals surface area (Å²) in [6, 6.07) is 0. The summed E-state index contributed by atoms with van der Waals surface area (Å²) in [6.45, 7) is 0. The van der Waals surface area contributed by atoms with Crippen molar-refractivity contribution < 1.29 is 36.6 Å². The predicted octanol–water partition coefficient (Wildman–Crippen LogP) is 3.36. The Hall–Kier alpha value is -0.560. The second-order valence-corrected chi connectivity index (χ2v) is 0. The topological polar surface area (TPSA) is 0 Å². The highest BCUT2D eigenvalue weighted by atomic mass is 20.0. The Labute approximate surface area is 38.2 Å². The third kappa shape index (κ3) is 342. The van der Waals surface area contributed by atoms with E-state index in [9.17, 15) is 0 Å². The van der Waals surface area contributed by atoms with E-state index in [-0.39, 0.29) is 0 Å². The Morgan fingerprint density at radius 3 is 0.250 bits per heavy atom. The van der Waals surface area contributed by atoms with E-state index >= 15 is 0 Å². The van der Waals surface area contributed by atoms with Crippen molar-refractivity contribution in [3.05, 3.63) is 0 Å². The Morgan fingerprint density at radius 2 is 0.250 bits per heavy atom. The molecule has 0 heterocycles. The molecule has 0 aromatic carbocycles. The molecule has 0 rings (SSSR count). The Balaban J connectivity index is -0.0000000133. The first-order valence-electron chi connectivity index (χ1n) is 0.571. The molecule has 0 aliphatic carbocycles. The van der Waals surface area contributed by atoms with Gasteiger partial charge in [0.05, 0.1) is 0 Å². The lowest BCUT2D eigenvalue weighted by Crippen LogP contribution is -0.580. The van der Waals surface area contributed by atoms with Crippen LogP contribution in [0.25, 0.3) is 0 Å². The molecule has 0 spiro atoms. The maximum atomic E-state index is 8.00. The van der Waals surface area contributed by atoms with Crippen molar-refractivity contribution in [1.82, 2.24) is 0 Å². The molecule has 0 nitrogen and oxygen atoms in total. The van der Waals surface area contributed by atoms with Gasteiger partial charge in [-0.15, -0.1) is 0 Å². The molecule has 0 aliphatic heterocycles. The molecule has 0 amide bonds. The van der Waals surface area contributed by atoms with Crippen LogP contribution in [0.2, 0.25) is 0 Å². The molecule has 0 N–H and O–H groups in total. The van der Waals surface area contributed by atoms with Crippen LogP contribution in [0.3, 0.4) is 0 Å². The summed E-state index contributed by atoms with van der Waals surface area (Å²) in [5.74, 6) is 0. The predicted molar refractivity (Wildman–Crippen MR) is 8.86 cm³/mol. The minimum absolute atomic E-state index is 8.00. The van der Waals surface area contributed by atoms with E-state index in [0.717, 1.165) is 0 Å². The van der Waals surface area contributed by atoms with Crippen LogP contribution in [-0.4, -0.2) is 0 Å². The van der Waals surface area contributed by atoms with E-state index in [0.29, 0.717) is 0 Å². The summed E-state index contributed by atoms with van der Waals surface area (Å²) in [5.41, 5.74) is 0. The van der Waals surface area contributed by atoms with Gasteiger partial charge in [0.15, 0.2) is 0 Å². The second kappa shape index (κ2) is 608. The lowest BCUT2D eigenvalue weighted by molar-refractivity contribution is 0.108. The number of rotatable bonds is 0. The molecule has 8 heteroatoms. The van der Waals surface area contributed by atoms with Gasteiger partial charge in [0.25, 0.3) is 0 Å². The molecule has 0 saturated heterocycles. The van der Waals surface area contributed by atoms with E-state index < -0.39 is 0 Å². The molecule has 0 fully saturated rings. The molecule has 56 valence electrons. The number of halogens is 8. The summed E-state index contributed by atoms with van der Waals surface area (Å²) >= 11 is 0. The van der Waals surface area contributed by atoms with Crippen molar-refractivity contribution in [1.29, 1.82) is 0 Å². The molecule has 0 atom stereocenters. The molecular weight excluding hydrogens is 152 g/mol. The largest absolute Gasteiger partial charge is 0 e. The summed E-state index contributed by atoms with van der Waals surface area (Å²) in [5, 5.41) is 0. The lowest BCUT2D eigenvalue weighted by Gasteiger charge is -1.00. The van der Waals surface area contributed by atoms with Crippen LogP contribution in [0, 0.1) is 0 Å². The lowest BCUT2D eigenvalue weighted by atomic mass is 18.0. The molecule has 0 aromatic rings. The Bertz CT molecular complexity index is 0. The number of hydrogen-bond donors (Lipinski definition) is 0. The van der Waals surface area contributed by atoms with Crippen LogP contribution in [0.5, 0.6) is 0 Å². The van der Waals surface area contributed by atoms with Gasteiger partial charge < -0.3 is 0 Å². The van der Waals surface area contributed by atoms with Gasteiger partial charge in [-0.3, -0.25) is 0 Å². The fourth-order valence-corrected chi connectivity index (χ4v) is 0. The van der Waals surface area contributed by atoms with Gasteiger partial charge >= 0.3 is 0 Å². The van der Waals surface area contributed by atoms with E-state index in [1.807, 2.05) is 0 Å². The monoisotopic (exact) mass is 152 g/mol. The molecule has 8 heavy (non-hydrogen) atoms. The Kier molecular flexibility index (Phi) is 1980. The van der Waals surface area contributed by atoms with Crippen molar-refractivity contribution >= 4 is 0 Å². The van der Waals surface area contributed by atoms with E-state index in [1.54, 1.807) is 0 Å². The highest BCUT2D eigenvalue weighted by Crippen LogP contribution is 1.43. The molecule has 0 radical (unpaired) electrons. The van der Waals surface area contributed by atoms with Crippen LogP contribution in [0.1, 0.15) is 0 Å². The normalized spacial score (nSPS) is 3.00. The summed E-state index contributed by atoms with van der Waals surface area (Å²) in [4.78, 5) is 0. The molecule has 0 saturated carbocycles. The SMILES string of the molecule is FF.FF.FF.FF. The van der Waals surface area contributed by atoms with E-state index in [1.165, 1.54) is 0 Å². The van der Waals surface area contributed by atoms with Gasteiger partial charge in [-0.1, -0.05) is 0 Å². The zero-order valence-corrected chi connectivity index (χ0v) is 3.02. The van der Waals surface area contributed by atoms with Crippen LogP contribution in [-0.2, 0) is 0 Å². The maximum absolute atomic E-state index is 8.00. The first-order chi connectivity index (χ1) is 4.00. The smallest absolute Gasteiger partial charge is 0 e. The first kappa shape index (κ1) is 26.1. The van der Waals surface area contributed by atoms with Gasteiger partial charge in [-0.05, 0) is 0 Å². The summed E-state index contributed by atoms with van der Waals surface area (Å²) in [7, 11) is 0. The average Bonchev–Trinajstić information content (AvgIpc) is 2.03. The third-order valence-electron chi connectivity index (χ3n) is 0. The quantitative estimate of drug-likeness (QED) is 0.466. The van der Waals surface area contributed by atoms with E-state index in [4.69, 9.17) is 36.6 Å². The zero-order chi connectivity index (χ0) is 8.00. The maximum Gasteiger partial charge on any atom is 0 e. The molecule has 0 unspecified atom stereocenters. The van der Waals surface area contributed by atoms with Gasteiger partial charge in [0, 0.05) is 36.6 Å². The highest BCUT2D eigenvalue weighted by Gasteiger charge is 1.01. The van der Waals surface area contributed by atoms with Crippen molar-refractivity contribution in [3.63, 3.8) is 0 Å². The average molecular weight is 152 g/mol. The van der Waals surface area contributed by atoms with Crippen LogP contribution >= 0.6 is 0 Å². The van der Waals surface area contributed by atoms with Gasteiger partial charge in [-0.2, -0.15) is 0 Å². The molecule has 0 bridgehead atoms. The van der Waals surface area contributed by atoms with Crippen LogP contribution < -0.4 is 0 Å². The zero-order valence-electron chi connectivity index (χ0n) is 3.02. The fraction of sp³-hybridized carbons (Fsp3) is 0. The molecule has 0 aliphatic rings. The standard InChI is InChI=1S/4F2/c4*1-2. The first-order valence-corrected chi connectivity index (χ1v) is 0.571. The van der Waals surface area contributed by atoms with Gasteiger partial charge in [0.1, 0.15) is 0 Å². The van der Waals surface area contributed by atoms with E-state index in [2.05, 4.69) is 0 Å². The molecule has 0 aromatic heterocycles. The number of hydrogen-bond acceptors (Lipinski definition) is 0.